The molecule has 0 unspecified atom stereocenters. The third-order valence-electron chi connectivity index (χ3n) is 3.97. The molecule has 0 aliphatic heterocycles. The number of nitrogens with one attached hydrogen (secondary N) is 1. The summed E-state index contributed by atoms with van der Waals surface area (Å²) in [6.07, 6.45) is 2.62. The Kier molecular flexibility index (Phi) is 3.46. The maximum Gasteiger partial charge on any atom is 0.0488 e. The van der Waals surface area contributed by atoms with Crippen molar-refractivity contribution in [1.29, 1.82) is 0 Å². The smallest absolute Gasteiger partial charge is 0.0488 e. The van der Waals surface area contributed by atoms with Gasteiger partial charge < -0.3 is 5.32 Å². The predicted molar refractivity (Wildman–Crippen MR) is 92.1 cm³/mol. The van der Waals surface area contributed by atoms with Crippen LogP contribution in [0.25, 0.3) is 21.2 Å². The minimum atomic E-state index is 0.725. The molecule has 0 atom stereocenters. The van der Waals surface area contributed by atoms with Crippen LogP contribution in [-0.2, 0) is 6.54 Å². The van der Waals surface area contributed by atoms with Crippen molar-refractivity contribution in [1.82, 2.24) is 5.32 Å². The van der Waals surface area contributed by atoms with Gasteiger partial charge in [0.25, 0.3) is 0 Å². The van der Waals surface area contributed by atoms with Crippen LogP contribution in [0.2, 0.25) is 5.02 Å². The van der Waals surface area contributed by atoms with E-state index in [2.05, 4.69) is 53.2 Å². The zero-order chi connectivity index (χ0) is 14.2. The lowest BCUT2D eigenvalue weighted by Crippen LogP contribution is -2.15. The quantitative estimate of drug-likeness (QED) is 0.673. The molecule has 0 amide bonds. The molecular weight excluding hydrogens is 298 g/mol. The maximum absolute atomic E-state index is 6.54. The fourth-order valence-corrected chi connectivity index (χ4v) is 3.87. The molecule has 0 radical (unpaired) electrons. The molecule has 4 rings (SSSR count). The van der Waals surface area contributed by atoms with E-state index in [1.807, 2.05) is 0 Å². The summed E-state index contributed by atoms with van der Waals surface area (Å²) in [6, 6.07) is 15.7. The Bertz CT molecular complexity index is 789. The van der Waals surface area contributed by atoms with Crippen LogP contribution in [0.5, 0.6) is 0 Å². The summed E-state index contributed by atoms with van der Waals surface area (Å²) in [4.78, 5) is 0. The molecule has 21 heavy (non-hydrogen) atoms. The molecule has 1 heterocycles. The lowest BCUT2D eigenvalue weighted by molar-refractivity contribution is 0.688. The molecule has 1 N–H and O–H groups in total. The van der Waals surface area contributed by atoms with Crippen LogP contribution >= 0.6 is 22.9 Å². The number of hydrogen-bond donors (Lipinski definition) is 1. The van der Waals surface area contributed by atoms with Gasteiger partial charge in [0.15, 0.2) is 0 Å². The van der Waals surface area contributed by atoms with E-state index in [1.165, 1.54) is 34.1 Å². The first-order valence-corrected chi connectivity index (χ1v) is 8.55. The molecule has 1 nitrogen and oxygen atoms in total. The monoisotopic (exact) mass is 313 g/mol. The first-order valence-electron chi connectivity index (χ1n) is 7.30. The van der Waals surface area contributed by atoms with Crippen LogP contribution in [0.4, 0.5) is 0 Å². The Hall–Kier alpha value is -1.35. The van der Waals surface area contributed by atoms with Gasteiger partial charge in [-0.3, -0.25) is 0 Å². The van der Waals surface area contributed by atoms with Gasteiger partial charge in [-0.2, -0.15) is 0 Å². The van der Waals surface area contributed by atoms with Gasteiger partial charge in [0.05, 0.1) is 0 Å². The first-order chi connectivity index (χ1) is 10.3. The molecule has 2 aromatic carbocycles. The second-order valence-electron chi connectivity index (χ2n) is 5.61. The van der Waals surface area contributed by atoms with Crippen molar-refractivity contribution in [3.05, 3.63) is 58.4 Å². The molecule has 1 fully saturated rings. The summed E-state index contributed by atoms with van der Waals surface area (Å²) in [5.74, 6) is 0. The third-order valence-corrected chi connectivity index (χ3v) is 5.25. The average Bonchev–Trinajstić information content (AvgIpc) is 3.20. The molecule has 1 aliphatic carbocycles. The Morgan fingerprint density at radius 3 is 2.81 bits per heavy atom. The zero-order valence-electron chi connectivity index (χ0n) is 11.6. The Balaban J connectivity index is 1.69. The van der Waals surface area contributed by atoms with Gasteiger partial charge in [-0.15, -0.1) is 11.3 Å². The van der Waals surface area contributed by atoms with Crippen molar-refractivity contribution in [3.63, 3.8) is 0 Å². The second-order valence-corrected chi connectivity index (χ2v) is 6.94. The zero-order valence-corrected chi connectivity index (χ0v) is 13.2. The van der Waals surface area contributed by atoms with Crippen molar-refractivity contribution in [2.45, 2.75) is 25.4 Å². The molecule has 3 heteroatoms. The van der Waals surface area contributed by atoms with E-state index in [1.54, 1.807) is 11.3 Å². The molecule has 106 valence electrons. The van der Waals surface area contributed by atoms with Crippen LogP contribution < -0.4 is 5.32 Å². The standard InChI is InChI=1S/C18H16ClNS/c19-17-10-12(11-20-14-5-6-14)4-7-15(17)16-3-1-2-13-8-9-21-18(13)16/h1-4,7-10,14,20H,5-6,11H2. The van der Waals surface area contributed by atoms with E-state index in [-0.39, 0.29) is 0 Å². The number of thiophene rings is 1. The minimum absolute atomic E-state index is 0.725. The molecule has 1 aromatic heterocycles. The van der Waals surface area contributed by atoms with Gasteiger partial charge in [-0.25, -0.2) is 0 Å². The van der Waals surface area contributed by atoms with Gasteiger partial charge in [0.2, 0.25) is 0 Å². The van der Waals surface area contributed by atoms with Crippen LogP contribution in [0.1, 0.15) is 18.4 Å². The third kappa shape index (κ3) is 2.71. The summed E-state index contributed by atoms with van der Waals surface area (Å²) in [6.45, 7) is 0.911. The number of benzene rings is 2. The summed E-state index contributed by atoms with van der Waals surface area (Å²) < 4.78 is 1.31. The number of halogens is 1. The average molecular weight is 314 g/mol. The van der Waals surface area contributed by atoms with E-state index in [4.69, 9.17) is 11.6 Å². The highest BCUT2D eigenvalue weighted by molar-refractivity contribution is 7.17. The van der Waals surface area contributed by atoms with E-state index >= 15 is 0 Å². The topological polar surface area (TPSA) is 12.0 Å². The second kappa shape index (κ2) is 5.45. The molecule has 3 aromatic rings. The number of rotatable bonds is 4. The Morgan fingerprint density at radius 2 is 2.00 bits per heavy atom. The van der Waals surface area contributed by atoms with E-state index in [0.717, 1.165) is 23.2 Å². The van der Waals surface area contributed by atoms with Crippen molar-refractivity contribution in [2.75, 3.05) is 0 Å². The van der Waals surface area contributed by atoms with Gasteiger partial charge in [-0.05, 0) is 41.3 Å². The predicted octanol–water partition coefficient (Wildman–Crippen LogP) is 5.47. The molecule has 0 saturated heterocycles. The fraction of sp³-hybridized carbons (Fsp3) is 0.222. The number of hydrogen-bond acceptors (Lipinski definition) is 2. The van der Waals surface area contributed by atoms with Crippen LogP contribution in [0.3, 0.4) is 0 Å². The van der Waals surface area contributed by atoms with Gasteiger partial charge >= 0.3 is 0 Å². The summed E-state index contributed by atoms with van der Waals surface area (Å²) in [5.41, 5.74) is 3.61. The fourth-order valence-electron chi connectivity index (χ4n) is 2.64. The molecular formula is C18H16ClNS. The number of fused-ring (bicyclic) bond motifs is 1. The molecule has 0 spiro atoms. The SMILES string of the molecule is Clc1cc(CNC2CC2)ccc1-c1cccc2ccsc12. The van der Waals surface area contributed by atoms with E-state index in [9.17, 15) is 0 Å². The van der Waals surface area contributed by atoms with E-state index < -0.39 is 0 Å². The van der Waals surface area contributed by atoms with Crippen molar-refractivity contribution >= 4 is 33.0 Å². The van der Waals surface area contributed by atoms with Crippen molar-refractivity contribution in [2.24, 2.45) is 0 Å². The first kappa shape index (κ1) is 13.3. The molecule has 0 bridgehead atoms. The molecule has 1 aliphatic rings. The highest BCUT2D eigenvalue weighted by Gasteiger charge is 2.20. The lowest BCUT2D eigenvalue weighted by Gasteiger charge is -2.09. The Morgan fingerprint density at radius 1 is 1.10 bits per heavy atom. The highest BCUT2D eigenvalue weighted by Crippen LogP contribution is 2.36. The van der Waals surface area contributed by atoms with Crippen LogP contribution in [0, 0.1) is 0 Å². The van der Waals surface area contributed by atoms with Crippen LogP contribution in [0.15, 0.2) is 47.8 Å². The lowest BCUT2D eigenvalue weighted by atomic mass is 10.0. The highest BCUT2D eigenvalue weighted by atomic mass is 35.5. The van der Waals surface area contributed by atoms with Gasteiger partial charge in [0, 0.05) is 33.4 Å². The van der Waals surface area contributed by atoms with Crippen molar-refractivity contribution in [3.8, 4) is 11.1 Å². The molecule has 1 saturated carbocycles. The normalized spacial score (nSPS) is 14.7. The summed E-state index contributed by atoms with van der Waals surface area (Å²) in [7, 11) is 0. The van der Waals surface area contributed by atoms with Crippen LogP contribution in [-0.4, -0.2) is 6.04 Å². The maximum atomic E-state index is 6.54. The summed E-state index contributed by atoms with van der Waals surface area (Å²) in [5, 5.41) is 7.79. The van der Waals surface area contributed by atoms with E-state index in [0.29, 0.717) is 0 Å². The largest absolute Gasteiger partial charge is 0.310 e. The summed E-state index contributed by atoms with van der Waals surface area (Å²) >= 11 is 8.31. The Labute approximate surface area is 133 Å². The minimum Gasteiger partial charge on any atom is -0.310 e. The van der Waals surface area contributed by atoms with Gasteiger partial charge in [-0.1, -0.05) is 41.9 Å². The van der Waals surface area contributed by atoms with Crippen molar-refractivity contribution < 1.29 is 0 Å². The van der Waals surface area contributed by atoms with Gasteiger partial charge in [0.1, 0.15) is 0 Å².